The van der Waals surface area contributed by atoms with Crippen LogP contribution in [-0.2, 0) is 22.4 Å². The van der Waals surface area contributed by atoms with Gasteiger partial charge in [0.1, 0.15) is 16.5 Å². The van der Waals surface area contributed by atoms with Gasteiger partial charge in [0.05, 0.1) is 11.3 Å². The van der Waals surface area contributed by atoms with E-state index >= 15 is 0 Å². The molecule has 0 aliphatic carbocycles. The first kappa shape index (κ1) is 25.2. The largest absolute Gasteiger partial charge is 0.423 e. The summed E-state index contributed by atoms with van der Waals surface area (Å²) >= 11 is 6.25. The molecule has 1 aliphatic heterocycles. The van der Waals surface area contributed by atoms with Crippen molar-refractivity contribution in [2.75, 3.05) is 10.2 Å². The van der Waals surface area contributed by atoms with Gasteiger partial charge in [-0.3, -0.25) is 9.59 Å². The van der Waals surface area contributed by atoms with Crippen molar-refractivity contribution in [2.45, 2.75) is 39.5 Å². The number of hydrogen-bond acceptors (Lipinski definition) is 5. The Bertz CT molecular complexity index is 1310. The lowest BCUT2D eigenvalue weighted by Crippen LogP contribution is -2.32. The molecule has 0 spiro atoms. The van der Waals surface area contributed by atoms with Crippen LogP contribution in [0.25, 0.3) is 0 Å². The van der Waals surface area contributed by atoms with E-state index in [-0.39, 0.29) is 10.7 Å². The molecule has 1 heterocycles. The lowest BCUT2D eigenvalue weighted by atomic mass is 10.1. The molecule has 0 bridgehead atoms. The SMILES string of the molecule is CCCCc1ccc(N2C(=O)C(Cl)=C(Nc3ccc(C(=O)Oc4cccc(CC)c4)cc3)C2=O)cc1. The molecule has 6 nitrogen and oxygen atoms in total. The number of anilines is 2. The number of benzene rings is 3. The summed E-state index contributed by atoms with van der Waals surface area (Å²) in [7, 11) is 0. The van der Waals surface area contributed by atoms with Crippen molar-refractivity contribution >= 4 is 40.8 Å². The van der Waals surface area contributed by atoms with E-state index < -0.39 is 17.8 Å². The molecule has 7 heteroatoms. The van der Waals surface area contributed by atoms with Crippen molar-refractivity contribution in [2.24, 2.45) is 0 Å². The first-order valence-electron chi connectivity index (χ1n) is 12.0. The van der Waals surface area contributed by atoms with E-state index in [0.29, 0.717) is 22.7 Å². The van der Waals surface area contributed by atoms with Gasteiger partial charge in [-0.25, -0.2) is 9.69 Å². The monoisotopic (exact) mass is 502 g/mol. The van der Waals surface area contributed by atoms with Gasteiger partial charge in [0.25, 0.3) is 11.8 Å². The summed E-state index contributed by atoms with van der Waals surface area (Å²) in [6.07, 6.45) is 3.95. The number of esters is 1. The molecule has 2 amide bonds. The van der Waals surface area contributed by atoms with Crippen molar-refractivity contribution in [1.82, 2.24) is 0 Å². The number of rotatable bonds is 9. The molecule has 0 radical (unpaired) electrons. The second-order valence-corrected chi connectivity index (χ2v) is 8.88. The minimum Gasteiger partial charge on any atom is -0.423 e. The molecule has 36 heavy (non-hydrogen) atoms. The molecule has 0 unspecified atom stereocenters. The fraction of sp³-hybridized carbons (Fsp3) is 0.207. The van der Waals surface area contributed by atoms with Crippen molar-refractivity contribution in [3.8, 4) is 5.75 Å². The summed E-state index contributed by atoms with van der Waals surface area (Å²) in [6.45, 7) is 4.16. The van der Waals surface area contributed by atoms with Gasteiger partial charge in [-0.15, -0.1) is 0 Å². The van der Waals surface area contributed by atoms with E-state index in [0.717, 1.165) is 41.7 Å². The molecule has 3 aromatic carbocycles. The van der Waals surface area contributed by atoms with Crippen molar-refractivity contribution in [3.05, 3.63) is 100 Å². The summed E-state index contributed by atoms with van der Waals surface area (Å²) in [5, 5.41) is 2.74. The van der Waals surface area contributed by atoms with Crippen molar-refractivity contribution < 1.29 is 19.1 Å². The third kappa shape index (κ3) is 5.50. The van der Waals surface area contributed by atoms with Crippen LogP contribution in [0.3, 0.4) is 0 Å². The number of ether oxygens (including phenoxy) is 1. The summed E-state index contributed by atoms with van der Waals surface area (Å²) in [5.74, 6) is -1.13. The highest BCUT2D eigenvalue weighted by molar-refractivity contribution is 6.53. The molecule has 4 rings (SSSR count). The predicted molar refractivity (Wildman–Crippen MR) is 141 cm³/mol. The number of aryl methyl sites for hydroxylation is 2. The van der Waals surface area contributed by atoms with E-state index in [2.05, 4.69) is 12.2 Å². The van der Waals surface area contributed by atoms with Crippen LogP contribution in [0, 0.1) is 0 Å². The second kappa shape index (κ2) is 11.2. The lowest BCUT2D eigenvalue weighted by molar-refractivity contribution is -0.120. The van der Waals surface area contributed by atoms with E-state index in [1.807, 2.05) is 37.3 Å². The van der Waals surface area contributed by atoms with Crippen LogP contribution < -0.4 is 15.0 Å². The third-order valence-corrected chi connectivity index (χ3v) is 6.30. The van der Waals surface area contributed by atoms with Gasteiger partial charge >= 0.3 is 5.97 Å². The number of carbonyl (C=O) groups excluding carboxylic acids is 3. The quantitative estimate of drug-likeness (QED) is 0.213. The van der Waals surface area contributed by atoms with Gasteiger partial charge in [-0.2, -0.15) is 0 Å². The molecule has 0 saturated carbocycles. The Kier molecular flexibility index (Phi) is 7.86. The van der Waals surface area contributed by atoms with Crippen LogP contribution in [-0.4, -0.2) is 17.8 Å². The molecular weight excluding hydrogens is 476 g/mol. The maximum absolute atomic E-state index is 13.0. The van der Waals surface area contributed by atoms with Crippen LogP contribution >= 0.6 is 11.6 Å². The van der Waals surface area contributed by atoms with Crippen molar-refractivity contribution in [1.29, 1.82) is 0 Å². The zero-order valence-electron chi connectivity index (χ0n) is 20.2. The van der Waals surface area contributed by atoms with Gasteiger partial charge in [0, 0.05) is 5.69 Å². The fourth-order valence-electron chi connectivity index (χ4n) is 3.87. The predicted octanol–water partition coefficient (Wildman–Crippen LogP) is 6.25. The summed E-state index contributed by atoms with van der Waals surface area (Å²) in [5.41, 5.74) is 3.52. The molecular formula is C29H27ClN2O4. The number of imide groups is 1. The number of nitrogens with one attached hydrogen (secondary N) is 1. The Morgan fingerprint density at radius 3 is 2.31 bits per heavy atom. The molecule has 1 aliphatic rings. The van der Waals surface area contributed by atoms with Crippen LogP contribution in [0.1, 0.15) is 48.2 Å². The highest BCUT2D eigenvalue weighted by atomic mass is 35.5. The minimum atomic E-state index is -0.583. The smallest absolute Gasteiger partial charge is 0.343 e. The normalized spacial score (nSPS) is 13.4. The Morgan fingerprint density at radius 2 is 1.64 bits per heavy atom. The molecule has 1 N–H and O–H groups in total. The summed E-state index contributed by atoms with van der Waals surface area (Å²) in [4.78, 5) is 39.4. The zero-order valence-corrected chi connectivity index (χ0v) is 21.0. The number of carbonyl (C=O) groups is 3. The molecule has 0 aromatic heterocycles. The Balaban J connectivity index is 1.43. The van der Waals surface area contributed by atoms with E-state index in [1.54, 1.807) is 42.5 Å². The molecule has 3 aromatic rings. The Morgan fingerprint density at radius 1 is 0.917 bits per heavy atom. The van der Waals surface area contributed by atoms with Gasteiger partial charge < -0.3 is 10.1 Å². The number of halogens is 1. The molecule has 0 saturated heterocycles. The van der Waals surface area contributed by atoms with Crippen molar-refractivity contribution in [3.63, 3.8) is 0 Å². The van der Waals surface area contributed by atoms with Crippen LogP contribution in [0.15, 0.2) is 83.5 Å². The standard InChI is InChI=1S/C29H27ClN2O4/c1-3-5-7-20-10-16-23(17-11-20)32-27(33)25(30)26(28(32)34)31-22-14-12-21(13-15-22)29(35)36-24-9-6-8-19(4-2)18-24/h6,8-18,31H,3-5,7H2,1-2H3. The van der Waals surface area contributed by atoms with Crippen LogP contribution in [0.4, 0.5) is 11.4 Å². The Hall–Kier alpha value is -3.90. The highest BCUT2D eigenvalue weighted by Gasteiger charge is 2.38. The van der Waals surface area contributed by atoms with Gasteiger partial charge in [-0.05, 0) is 78.9 Å². The first-order chi connectivity index (χ1) is 17.4. The maximum atomic E-state index is 13.0. The number of hydrogen-bond donors (Lipinski definition) is 1. The lowest BCUT2D eigenvalue weighted by Gasteiger charge is -2.15. The van der Waals surface area contributed by atoms with E-state index in [4.69, 9.17) is 16.3 Å². The fourth-order valence-corrected chi connectivity index (χ4v) is 4.08. The highest BCUT2D eigenvalue weighted by Crippen LogP contribution is 2.30. The van der Waals surface area contributed by atoms with Gasteiger partial charge in [0.15, 0.2) is 0 Å². The number of unbranched alkanes of at least 4 members (excludes halogenated alkanes) is 1. The van der Waals surface area contributed by atoms with E-state index in [9.17, 15) is 14.4 Å². The average Bonchev–Trinajstić information content (AvgIpc) is 3.11. The Labute approximate surface area is 215 Å². The first-order valence-corrected chi connectivity index (χ1v) is 12.3. The average molecular weight is 503 g/mol. The maximum Gasteiger partial charge on any atom is 0.343 e. The van der Waals surface area contributed by atoms with Gasteiger partial charge in [0.2, 0.25) is 0 Å². The number of nitrogens with zero attached hydrogens (tertiary/aromatic N) is 1. The minimum absolute atomic E-state index is 0.0107. The van der Waals surface area contributed by atoms with Gasteiger partial charge in [-0.1, -0.05) is 56.1 Å². The number of amides is 2. The topological polar surface area (TPSA) is 75.7 Å². The molecule has 0 atom stereocenters. The van der Waals surface area contributed by atoms with Crippen LogP contribution in [0.5, 0.6) is 5.75 Å². The third-order valence-electron chi connectivity index (χ3n) is 5.95. The summed E-state index contributed by atoms with van der Waals surface area (Å²) in [6, 6.07) is 21.1. The van der Waals surface area contributed by atoms with Crippen LogP contribution in [0.2, 0.25) is 0 Å². The summed E-state index contributed by atoms with van der Waals surface area (Å²) < 4.78 is 5.46. The van der Waals surface area contributed by atoms with E-state index in [1.165, 1.54) is 0 Å². The zero-order chi connectivity index (χ0) is 25.7. The molecule has 184 valence electrons. The molecule has 0 fully saturated rings. The second-order valence-electron chi connectivity index (χ2n) is 8.50.